The smallest absolute Gasteiger partial charge is 0.0601 e. The van der Waals surface area contributed by atoms with Crippen LogP contribution >= 0.6 is 0 Å². The van der Waals surface area contributed by atoms with E-state index in [1.54, 1.807) is 0 Å². The first-order chi connectivity index (χ1) is 6.59. The standard InChI is InChI=1S/C11H19N3/c1-9-11(12)7-10(8-13-9)5-4-6-14(2)3/h7-8H,4-6,12H2,1-3H3. The summed E-state index contributed by atoms with van der Waals surface area (Å²) in [6.45, 7) is 3.03. The van der Waals surface area contributed by atoms with Crippen molar-refractivity contribution in [2.24, 2.45) is 0 Å². The van der Waals surface area contributed by atoms with Crippen molar-refractivity contribution in [1.82, 2.24) is 9.88 Å². The Morgan fingerprint density at radius 3 is 2.71 bits per heavy atom. The zero-order chi connectivity index (χ0) is 10.6. The molecule has 0 saturated heterocycles. The number of hydrogen-bond acceptors (Lipinski definition) is 3. The molecule has 78 valence electrons. The van der Waals surface area contributed by atoms with E-state index >= 15 is 0 Å². The second-order valence-corrected chi connectivity index (χ2v) is 3.93. The Bertz CT molecular complexity index is 295. The van der Waals surface area contributed by atoms with Gasteiger partial charge < -0.3 is 10.6 Å². The van der Waals surface area contributed by atoms with Gasteiger partial charge in [-0.25, -0.2) is 0 Å². The molecule has 1 rings (SSSR count). The maximum atomic E-state index is 5.78. The first-order valence-electron chi connectivity index (χ1n) is 4.95. The van der Waals surface area contributed by atoms with Gasteiger partial charge in [-0.1, -0.05) is 0 Å². The number of hydrogen-bond donors (Lipinski definition) is 1. The van der Waals surface area contributed by atoms with Gasteiger partial charge in [0.2, 0.25) is 0 Å². The van der Waals surface area contributed by atoms with Gasteiger partial charge >= 0.3 is 0 Å². The van der Waals surface area contributed by atoms with Crippen LogP contribution in [0.2, 0.25) is 0 Å². The molecular weight excluding hydrogens is 174 g/mol. The van der Waals surface area contributed by atoms with E-state index in [2.05, 4.69) is 24.0 Å². The zero-order valence-electron chi connectivity index (χ0n) is 9.25. The molecule has 2 N–H and O–H groups in total. The molecule has 0 unspecified atom stereocenters. The highest BCUT2D eigenvalue weighted by Crippen LogP contribution is 2.11. The third-order valence-corrected chi connectivity index (χ3v) is 2.25. The van der Waals surface area contributed by atoms with Gasteiger partial charge in [-0.05, 0) is 52.0 Å². The lowest BCUT2D eigenvalue weighted by molar-refractivity contribution is 0.400. The third-order valence-electron chi connectivity index (χ3n) is 2.25. The predicted octanol–water partition coefficient (Wildman–Crippen LogP) is 1.47. The molecule has 1 heterocycles. The number of nitrogen functional groups attached to an aromatic ring is 1. The predicted molar refractivity (Wildman–Crippen MR) is 60.3 cm³/mol. The lowest BCUT2D eigenvalue weighted by Crippen LogP contribution is -2.13. The molecule has 0 aliphatic heterocycles. The fourth-order valence-corrected chi connectivity index (χ4v) is 1.33. The summed E-state index contributed by atoms with van der Waals surface area (Å²) in [5, 5.41) is 0. The summed E-state index contributed by atoms with van der Waals surface area (Å²) >= 11 is 0. The molecule has 0 spiro atoms. The van der Waals surface area contributed by atoms with Crippen molar-refractivity contribution in [3.05, 3.63) is 23.5 Å². The van der Waals surface area contributed by atoms with Gasteiger partial charge in [0.1, 0.15) is 0 Å². The first-order valence-corrected chi connectivity index (χ1v) is 4.95. The van der Waals surface area contributed by atoms with Crippen LogP contribution in [0.25, 0.3) is 0 Å². The topological polar surface area (TPSA) is 42.2 Å². The van der Waals surface area contributed by atoms with Crippen LogP contribution in [0, 0.1) is 6.92 Å². The molecule has 3 nitrogen and oxygen atoms in total. The van der Waals surface area contributed by atoms with Crippen molar-refractivity contribution < 1.29 is 0 Å². The lowest BCUT2D eigenvalue weighted by Gasteiger charge is -2.09. The monoisotopic (exact) mass is 193 g/mol. The van der Waals surface area contributed by atoms with E-state index in [0.717, 1.165) is 30.8 Å². The summed E-state index contributed by atoms with van der Waals surface area (Å²) in [5.74, 6) is 0. The number of pyridine rings is 1. The SMILES string of the molecule is Cc1ncc(CCCN(C)C)cc1N. The molecule has 0 aliphatic carbocycles. The summed E-state index contributed by atoms with van der Waals surface area (Å²) in [6, 6.07) is 2.03. The summed E-state index contributed by atoms with van der Waals surface area (Å²) in [6.07, 6.45) is 4.12. The average molecular weight is 193 g/mol. The minimum absolute atomic E-state index is 0.798. The zero-order valence-corrected chi connectivity index (χ0v) is 9.25. The van der Waals surface area contributed by atoms with Crippen LogP contribution in [0.15, 0.2) is 12.3 Å². The van der Waals surface area contributed by atoms with Crippen molar-refractivity contribution in [1.29, 1.82) is 0 Å². The van der Waals surface area contributed by atoms with E-state index in [1.165, 1.54) is 5.56 Å². The Morgan fingerprint density at radius 2 is 2.14 bits per heavy atom. The minimum Gasteiger partial charge on any atom is -0.397 e. The van der Waals surface area contributed by atoms with Gasteiger partial charge in [0, 0.05) is 6.20 Å². The van der Waals surface area contributed by atoms with E-state index in [-0.39, 0.29) is 0 Å². The lowest BCUT2D eigenvalue weighted by atomic mass is 10.1. The molecule has 14 heavy (non-hydrogen) atoms. The largest absolute Gasteiger partial charge is 0.397 e. The molecular formula is C11H19N3. The molecule has 0 amide bonds. The molecule has 0 bridgehead atoms. The molecule has 0 radical (unpaired) electrons. The highest BCUT2D eigenvalue weighted by Gasteiger charge is 1.98. The van der Waals surface area contributed by atoms with Crippen molar-refractivity contribution in [3.8, 4) is 0 Å². The van der Waals surface area contributed by atoms with Crippen LogP contribution in [-0.2, 0) is 6.42 Å². The van der Waals surface area contributed by atoms with Gasteiger partial charge in [-0.15, -0.1) is 0 Å². The number of nitrogens with two attached hydrogens (primary N) is 1. The Kier molecular flexibility index (Phi) is 3.89. The average Bonchev–Trinajstić information content (AvgIpc) is 2.10. The molecule has 0 fully saturated rings. The van der Waals surface area contributed by atoms with Crippen molar-refractivity contribution >= 4 is 5.69 Å². The van der Waals surface area contributed by atoms with Crippen LogP contribution < -0.4 is 5.73 Å². The fourth-order valence-electron chi connectivity index (χ4n) is 1.33. The quantitative estimate of drug-likeness (QED) is 0.787. The van der Waals surface area contributed by atoms with Crippen molar-refractivity contribution in [2.75, 3.05) is 26.4 Å². The van der Waals surface area contributed by atoms with Gasteiger partial charge in [0.15, 0.2) is 0 Å². The third kappa shape index (κ3) is 3.34. The Hall–Kier alpha value is -1.09. The normalized spacial score (nSPS) is 10.9. The van der Waals surface area contributed by atoms with E-state index < -0.39 is 0 Å². The second-order valence-electron chi connectivity index (χ2n) is 3.93. The molecule has 1 aromatic heterocycles. The maximum Gasteiger partial charge on any atom is 0.0601 e. The van der Waals surface area contributed by atoms with E-state index in [0.29, 0.717) is 0 Å². The Balaban J connectivity index is 2.47. The van der Waals surface area contributed by atoms with Gasteiger partial charge in [0.05, 0.1) is 11.4 Å². The molecule has 3 heteroatoms. The number of nitrogens with zero attached hydrogens (tertiary/aromatic N) is 2. The molecule has 0 atom stereocenters. The fraction of sp³-hybridized carbons (Fsp3) is 0.545. The summed E-state index contributed by atoms with van der Waals surface area (Å²) in [4.78, 5) is 6.42. The number of aromatic nitrogens is 1. The van der Waals surface area contributed by atoms with Crippen LogP contribution in [0.3, 0.4) is 0 Å². The molecule has 0 saturated carbocycles. The second kappa shape index (κ2) is 4.96. The van der Waals surface area contributed by atoms with Crippen molar-refractivity contribution in [2.45, 2.75) is 19.8 Å². The van der Waals surface area contributed by atoms with Gasteiger partial charge in [0.25, 0.3) is 0 Å². The summed E-state index contributed by atoms with van der Waals surface area (Å²) < 4.78 is 0. The van der Waals surface area contributed by atoms with Crippen LogP contribution in [-0.4, -0.2) is 30.5 Å². The highest BCUT2D eigenvalue weighted by atomic mass is 15.0. The number of anilines is 1. The molecule has 0 aliphatic rings. The van der Waals surface area contributed by atoms with Gasteiger partial charge in [-0.3, -0.25) is 4.98 Å². The summed E-state index contributed by atoms with van der Waals surface area (Å²) in [7, 11) is 4.17. The van der Waals surface area contributed by atoms with Crippen LogP contribution in [0.4, 0.5) is 5.69 Å². The summed E-state index contributed by atoms with van der Waals surface area (Å²) in [5.41, 5.74) is 8.73. The number of aryl methyl sites for hydroxylation is 2. The van der Waals surface area contributed by atoms with E-state index in [9.17, 15) is 0 Å². The maximum absolute atomic E-state index is 5.78. The molecule has 0 aromatic carbocycles. The van der Waals surface area contributed by atoms with E-state index in [4.69, 9.17) is 5.73 Å². The minimum atomic E-state index is 0.798. The van der Waals surface area contributed by atoms with Crippen molar-refractivity contribution in [3.63, 3.8) is 0 Å². The molecule has 1 aromatic rings. The van der Waals surface area contributed by atoms with Gasteiger partial charge in [-0.2, -0.15) is 0 Å². The first kappa shape index (κ1) is 11.0. The van der Waals surface area contributed by atoms with E-state index in [1.807, 2.05) is 19.2 Å². The Morgan fingerprint density at radius 1 is 1.43 bits per heavy atom. The van der Waals surface area contributed by atoms with Crippen LogP contribution in [0.1, 0.15) is 17.7 Å². The van der Waals surface area contributed by atoms with Crippen LogP contribution in [0.5, 0.6) is 0 Å². The number of rotatable bonds is 4. The Labute approximate surface area is 85.9 Å². The highest BCUT2D eigenvalue weighted by molar-refractivity contribution is 5.43.